The van der Waals surface area contributed by atoms with E-state index in [4.69, 9.17) is 0 Å². The van der Waals surface area contributed by atoms with Gasteiger partial charge in [0, 0.05) is 24.2 Å². The van der Waals surface area contributed by atoms with Crippen molar-refractivity contribution in [2.24, 2.45) is 0 Å². The smallest absolute Gasteiger partial charge is 0.264 e. The number of hydrogen-bond acceptors (Lipinski definition) is 6. The van der Waals surface area contributed by atoms with Gasteiger partial charge in [-0.25, -0.2) is 13.4 Å². The largest absolute Gasteiger partial charge is 0.298 e. The maximum absolute atomic E-state index is 13.1. The van der Waals surface area contributed by atoms with Crippen molar-refractivity contribution in [3.05, 3.63) is 89.4 Å². The minimum atomic E-state index is -3.83. The Labute approximate surface area is 190 Å². The van der Waals surface area contributed by atoms with Crippen molar-refractivity contribution in [1.82, 2.24) is 9.97 Å². The molecule has 0 aliphatic carbocycles. The van der Waals surface area contributed by atoms with Crippen LogP contribution in [-0.4, -0.2) is 31.3 Å². The highest BCUT2D eigenvalue weighted by atomic mass is 32.2. The van der Waals surface area contributed by atoms with E-state index in [2.05, 4.69) is 15.3 Å². The first-order valence-corrected chi connectivity index (χ1v) is 12.0. The summed E-state index contributed by atoms with van der Waals surface area (Å²) in [5.74, 6) is -0.443. The molecule has 162 valence electrons. The maximum Gasteiger partial charge on any atom is 0.264 e. The SMILES string of the molecule is Cc1ccc(N(C)S(=O)(=O)c2cccc(C(=O)Nc3nc(-c4ccccn4)cs3)c2)cc1. The molecule has 0 spiro atoms. The number of carbonyl (C=O) groups is 1. The van der Waals surface area contributed by atoms with Crippen LogP contribution in [0.3, 0.4) is 0 Å². The second-order valence-corrected chi connectivity index (χ2v) is 9.87. The summed E-state index contributed by atoms with van der Waals surface area (Å²) in [5.41, 5.74) is 3.15. The summed E-state index contributed by atoms with van der Waals surface area (Å²) in [6.45, 7) is 1.93. The standard InChI is InChI=1S/C23H20N4O3S2/c1-16-9-11-18(12-10-16)27(2)32(29,30)19-7-5-6-17(14-19)22(28)26-23-25-21(15-31-23)20-8-3-4-13-24-20/h3-15H,1-2H3,(H,25,26,28). The van der Waals surface area contributed by atoms with E-state index in [1.807, 2.05) is 37.3 Å². The molecule has 4 aromatic rings. The Morgan fingerprint density at radius 1 is 1.00 bits per heavy atom. The number of anilines is 2. The predicted molar refractivity (Wildman–Crippen MR) is 127 cm³/mol. The van der Waals surface area contributed by atoms with E-state index in [9.17, 15) is 13.2 Å². The van der Waals surface area contributed by atoms with E-state index in [1.54, 1.807) is 35.8 Å². The Hall–Kier alpha value is -3.56. The van der Waals surface area contributed by atoms with Gasteiger partial charge < -0.3 is 0 Å². The van der Waals surface area contributed by atoms with Gasteiger partial charge in [0.2, 0.25) is 0 Å². The third-order valence-electron chi connectivity index (χ3n) is 4.80. The zero-order valence-corrected chi connectivity index (χ0v) is 19.0. The van der Waals surface area contributed by atoms with Gasteiger partial charge in [-0.2, -0.15) is 0 Å². The highest BCUT2D eigenvalue weighted by molar-refractivity contribution is 7.92. The van der Waals surface area contributed by atoms with Crippen LogP contribution in [0.15, 0.2) is 83.2 Å². The average molecular weight is 465 g/mol. The van der Waals surface area contributed by atoms with Crippen molar-refractivity contribution < 1.29 is 13.2 Å². The molecule has 0 radical (unpaired) electrons. The Morgan fingerprint density at radius 2 is 1.78 bits per heavy atom. The Bertz CT molecular complexity index is 1350. The molecule has 2 heterocycles. The van der Waals surface area contributed by atoms with Crippen LogP contribution in [0.5, 0.6) is 0 Å². The van der Waals surface area contributed by atoms with E-state index >= 15 is 0 Å². The van der Waals surface area contributed by atoms with Crippen molar-refractivity contribution in [2.75, 3.05) is 16.7 Å². The first-order valence-electron chi connectivity index (χ1n) is 9.68. The number of sulfonamides is 1. The number of aromatic nitrogens is 2. The van der Waals surface area contributed by atoms with E-state index in [0.29, 0.717) is 22.2 Å². The molecule has 0 fully saturated rings. The van der Waals surface area contributed by atoms with Crippen molar-refractivity contribution >= 4 is 38.1 Å². The Balaban J connectivity index is 1.54. The number of aryl methyl sites for hydroxylation is 1. The normalized spacial score (nSPS) is 11.2. The number of nitrogens with one attached hydrogen (secondary N) is 1. The van der Waals surface area contributed by atoms with Gasteiger partial charge in [0.25, 0.3) is 15.9 Å². The van der Waals surface area contributed by atoms with Crippen LogP contribution < -0.4 is 9.62 Å². The lowest BCUT2D eigenvalue weighted by Gasteiger charge is -2.20. The first-order chi connectivity index (χ1) is 15.3. The fourth-order valence-electron chi connectivity index (χ4n) is 2.98. The minimum absolute atomic E-state index is 0.0292. The van der Waals surface area contributed by atoms with Crippen LogP contribution in [0.1, 0.15) is 15.9 Å². The molecular formula is C23H20N4O3S2. The van der Waals surface area contributed by atoms with Crippen molar-refractivity contribution in [3.63, 3.8) is 0 Å². The lowest BCUT2D eigenvalue weighted by atomic mass is 10.2. The molecule has 0 aliphatic heterocycles. The summed E-state index contributed by atoms with van der Waals surface area (Å²) in [6, 6.07) is 18.6. The molecule has 0 bridgehead atoms. The van der Waals surface area contributed by atoms with Gasteiger partial charge >= 0.3 is 0 Å². The van der Waals surface area contributed by atoms with E-state index in [1.165, 1.54) is 34.8 Å². The second kappa shape index (κ2) is 8.89. The molecule has 0 saturated carbocycles. The van der Waals surface area contributed by atoms with Crippen LogP contribution in [0, 0.1) is 6.92 Å². The molecule has 0 saturated heterocycles. The molecule has 1 N–H and O–H groups in total. The third kappa shape index (κ3) is 4.53. The molecule has 2 aromatic carbocycles. The summed E-state index contributed by atoms with van der Waals surface area (Å²) in [5, 5.41) is 4.93. The quantitative estimate of drug-likeness (QED) is 0.451. The second-order valence-electron chi connectivity index (χ2n) is 7.04. The molecule has 9 heteroatoms. The summed E-state index contributed by atoms with van der Waals surface area (Å²) < 4.78 is 27.4. The predicted octanol–water partition coefficient (Wildman–Crippen LogP) is 4.59. The fourth-order valence-corrected chi connectivity index (χ4v) is 4.92. The van der Waals surface area contributed by atoms with Crippen molar-refractivity contribution in [3.8, 4) is 11.4 Å². The summed E-state index contributed by atoms with van der Waals surface area (Å²) in [4.78, 5) is 21.4. The average Bonchev–Trinajstić information content (AvgIpc) is 3.28. The van der Waals surface area contributed by atoms with Crippen LogP contribution in [0.4, 0.5) is 10.8 Å². The molecule has 0 atom stereocenters. The topological polar surface area (TPSA) is 92.3 Å². The number of rotatable bonds is 6. The third-order valence-corrected chi connectivity index (χ3v) is 7.34. The van der Waals surface area contributed by atoms with Gasteiger partial charge in [0.1, 0.15) is 5.69 Å². The lowest BCUT2D eigenvalue weighted by Crippen LogP contribution is -2.26. The molecule has 32 heavy (non-hydrogen) atoms. The van der Waals surface area contributed by atoms with Crippen LogP contribution in [0.2, 0.25) is 0 Å². The van der Waals surface area contributed by atoms with Crippen LogP contribution in [0.25, 0.3) is 11.4 Å². The molecule has 2 aromatic heterocycles. The molecule has 4 rings (SSSR count). The van der Waals surface area contributed by atoms with Crippen molar-refractivity contribution in [1.29, 1.82) is 0 Å². The lowest BCUT2D eigenvalue weighted by molar-refractivity contribution is 0.102. The Morgan fingerprint density at radius 3 is 2.50 bits per heavy atom. The van der Waals surface area contributed by atoms with Crippen molar-refractivity contribution in [2.45, 2.75) is 11.8 Å². The molecule has 0 aliphatic rings. The number of carbonyl (C=O) groups excluding carboxylic acids is 1. The number of nitrogens with zero attached hydrogens (tertiary/aromatic N) is 3. The minimum Gasteiger partial charge on any atom is -0.298 e. The van der Waals surface area contributed by atoms with Crippen LogP contribution in [-0.2, 0) is 10.0 Å². The van der Waals surface area contributed by atoms with Gasteiger partial charge in [-0.15, -0.1) is 11.3 Å². The van der Waals surface area contributed by atoms with Gasteiger partial charge in [0.05, 0.1) is 16.3 Å². The maximum atomic E-state index is 13.1. The zero-order chi connectivity index (χ0) is 22.7. The monoisotopic (exact) mass is 464 g/mol. The van der Waals surface area contributed by atoms with E-state index in [-0.39, 0.29) is 10.5 Å². The summed E-state index contributed by atoms with van der Waals surface area (Å²) in [6.07, 6.45) is 1.67. The number of thiazole rings is 1. The highest BCUT2D eigenvalue weighted by Gasteiger charge is 2.22. The van der Waals surface area contributed by atoms with Gasteiger partial charge in [-0.1, -0.05) is 29.8 Å². The summed E-state index contributed by atoms with van der Waals surface area (Å²) >= 11 is 1.27. The zero-order valence-electron chi connectivity index (χ0n) is 17.4. The van der Waals surface area contributed by atoms with Gasteiger partial charge in [0.15, 0.2) is 5.13 Å². The summed E-state index contributed by atoms with van der Waals surface area (Å²) in [7, 11) is -2.35. The van der Waals surface area contributed by atoms with Gasteiger partial charge in [-0.05, 0) is 49.4 Å². The number of pyridine rings is 1. The highest BCUT2D eigenvalue weighted by Crippen LogP contribution is 2.25. The number of amides is 1. The molecule has 0 unspecified atom stereocenters. The number of hydrogen-bond donors (Lipinski definition) is 1. The molecule has 1 amide bonds. The van der Waals surface area contributed by atoms with E-state index in [0.717, 1.165) is 5.56 Å². The number of benzene rings is 2. The van der Waals surface area contributed by atoms with Crippen LogP contribution >= 0.6 is 11.3 Å². The molecular weight excluding hydrogens is 444 g/mol. The fraction of sp³-hybridized carbons (Fsp3) is 0.0870. The Kier molecular flexibility index (Phi) is 6.02. The molecule has 7 nitrogen and oxygen atoms in total. The van der Waals surface area contributed by atoms with E-state index < -0.39 is 15.9 Å². The van der Waals surface area contributed by atoms with Gasteiger partial charge in [-0.3, -0.25) is 19.4 Å². The first kappa shape index (κ1) is 21.7.